The molecule has 0 spiro atoms. The Morgan fingerprint density at radius 2 is 1.88 bits per heavy atom. The summed E-state index contributed by atoms with van der Waals surface area (Å²) >= 11 is 0. The molecule has 2 fully saturated rings. The predicted octanol–water partition coefficient (Wildman–Crippen LogP) is 3.47. The number of ether oxygens (including phenoxy) is 1. The summed E-state index contributed by atoms with van der Waals surface area (Å²) in [6.45, 7) is 5.15. The fraction of sp³-hybridized carbons (Fsp3) is 0.600. The first-order chi connectivity index (χ1) is 15.7. The Hall–Kier alpha value is -2.38. The van der Waals surface area contributed by atoms with Crippen LogP contribution in [0.4, 0.5) is 11.8 Å². The van der Waals surface area contributed by atoms with Crippen LogP contribution in [0.3, 0.4) is 0 Å². The van der Waals surface area contributed by atoms with E-state index in [1.54, 1.807) is 7.11 Å². The Bertz CT molecular complexity index is 862. The van der Waals surface area contributed by atoms with Gasteiger partial charge in [0.15, 0.2) is 0 Å². The van der Waals surface area contributed by atoms with E-state index in [1.165, 1.54) is 44.1 Å². The molecule has 0 bridgehead atoms. The molecular formula is C25H38N6O. The smallest absolute Gasteiger partial charge is 0.221 e. The first kappa shape index (κ1) is 22.8. The minimum absolute atomic E-state index is 0.298. The van der Waals surface area contributed by atoms with E-state index in [2.05, 4.69) is 44.1 Å². The lowest BCUT2D eigenvalue weighted by Crippen LogP contribution is -2.31. The van der Waals surface area contributed by atoms with Crippen molar-refractivity contribution in [1.29, 1.82) is 0 Å². The average molecular weight is 439 g/mol. The molecule has 0 radical (unpaired) electrons. The van der Waals surface area contributed by atoms with Crippen LogP contribution in [0.2, 0.25) is 0 Å². The Balaban J connectivity index is 1.45. The standard InChI is InChI=1S/C25H38N6O/c1-32-23-7-6-20(14-21(23)10-13-28-15-18-4-2-3-5-18)22-17-30-25(26)31-24(22)29-16-19-8-11-27-12-9-19/h6-7,14,17-19,27-28H,2-5,8-13,15-16H2,1H3,(H3,26,29,30,31). The van der Waals surface area contributed by atoms with Crippen molar-refractivity contribution < 1.29 is 4.74 Å². The zero-order valence-electron chi connectivity index (χ0n) is 19.3. The van der Waals surface area contributed by atoms with Crippen molar-refractivity contribution in [2.75, 3.05) is 50.9 Å². The quantitative estimate of drug-likeness (QED) is 0.422. The number of nitrogens with zero attached hydrogens (tertiary/aromatic N) is 2. The van der Waals surface area contributed by atoms with Crippen LogP contribution in [0.5, 0.6) is 5.75 Å². The van der Waals surface area contributed by atoms with E-state index in [0.717, 1.165) is 67.8 Å². The fourth-order valence-electron chi connectivity index (χ4n) is 4.95. The van der Waals surface area contributed by atoms with Crippen LogP contribution < -0.4 is 26.4 Å². The summed E-state index contributed by atoms with van der Waals surface area (Å²) in [6, 6.07) is 6.34. The topological polar surface area (TPSA) is 97.1 Å². The van der Waals surface area contributed by atoms with Crippen LogP contribution in [-0.4, -0.2) is 49.8 Å². The van der Waals surface area contributed by atoms with E-state index in [0.29, 0.717) is 11.9 Å². The molecule has 0 atom stereocenters. The van der Waals surface area contributed by atoms with Gasteiger partial charge in [-0.25, -0.2) is 4.98 Å². The maximum Gasteiger partial charge on any atom is 0.221 e. The molecule has 1 saturated carbocycles. The van der Waals surface area contributed by atoms with Crippen LogP contribution in [0, 0.1) is 11.8 Å². The number of nitrogens with two attached hydrogens (primary N) is 1. The van der Waals surface area contributed by atoms with Gasteiger partial charge in [-0.3, -0.25) is 0 Å². The molecule has 7 nitrogen and oxygen atoms in total. The van der Waals surface area contributed by atoms with E-state index in [4.69, 9.17) is 10.5 Å². The Kier molecular flexibility index (Phi) is 8.18. The maximum absolute atomic E-state index is 5.92. The Labute approximate surface area is 191 Å². The third-order valence-electron chi connectivity index (χ3n) is 6.89. The first-order valence-electron chi connectivity index (χ1n) is 12.2. The number of benzene rings is 1. The first-order valence-corrected chi connectivity index (χ1v) is 12.2. The molecule has 1 aliphatic carbocycles. The van der Waals surface area contributed by atoms with Gasteiger partial charge in [0.05, 0.1) is 7.11 Å². The second-order valence-corrected chi connectivity index (χ2v) is 9.20. The van der Waals surface area contributed by atoms with Gasteiger partial charge in [0.1, 0.15) is 11.6 Å². The third-order valence-corrected chi connectivity index (χ3v) is 6.89. The highest BCUT2D eigenvalue weighted by atomic mass is 16.5. The monoisotopic (exact) mass is 438 g/mol. The molecule has 1 saturated heterocycles. The summed E-state index contributed by atoms with van der Waals surface area (Å²) in [7, 11) is 1.74. The molecule has 2 aromatic rings. The van der Waals surface area contributed by atoms with Gasteiger partial charge in [0.2, 0.25) is 5.95 Å². The summed E-state index contributed by atoms with van der Waals surface area (Å²) < 4.78 is 5.64. The fourth-order valence-corrected chi connectivity index (χ4v) is 4.95. The van der Waals surface area contributed by atoms with E-state index in [1.807, 2.05) is 6.20 Å². The number of piperidine rings is 1. The van der Waals surface area contributed by atoms with Gasteiger partial charge in [-0.15, -0.1) is 0 Å². The third kappa shape index (κ3) is 6.11. The maximum atomic E-state index is 5.92. The molecule has 4 rings (SSSR count). The van der Waals surface area contributed by atoms with Crippen LogP contribution in [0.25, 0.3) is 11.1 Å². The van der Waals surface area contributed by atoms with E-state index in [-0.39, 0.29) is 0 Å². The summed E-state index contributed by atoms with van der Waals surface area (Å²) in [5, 5.41) is 10.6. The highest BCUT2D eigenvalue weighted by Crippen LogP contribution is 2.31. The van der Waals surface area contributed by atoms with Crippen LogP contribution >= 0.6 is 0 Å². The highest BCUT2D eigenvalue weighted by Gasteiger charge is 2.17. The predicted molar refractivity (Wildman–Crippen MR) is 131 cm³/mol. The summed E-state index contributed by atoms with van der Waals surface area (Å²) in [6.07, 6.45) is 10.6. The van der Waals surface area contributed by atoms with Gasteiger partial charge in [-0.05, 0) is 93.4 Å². The second kappa shape index (κ2) is 11.5. The van der Waals surface area contributed by atoms with Crippen molar-refractivity contribution in [2.45, 2.75) is 44.9 Å². The number of nitrogens with one attached hydrogen (secondary N) is 3. The number of nitrogen functional groups attached to an aromatic ring is 1. The van der Waals surface area contributed by atoms with Crippen molar-refractivity contribution >= 4 is 11.8 Å². The minimum atomic E-state index is 0.298. The lowest BCUT2D eigenvalue weighted by Gasteiger charge is -2.23. The van der Waals surface area contributed by atoms with Gasteiger partial charge in [0.25, 0.3) is 0 Å². The summed E-state index contributed by atoms with van der Waals surface area (Å²) in [5.74, 6) is 3.54. The normalized spacial score (nSPS) is 17.5. The van der Waals surface area contributed by atoms with Gasteiger partial charge in [-0.2, -0.15) is 4.98 Å². The van der Waals surface area contributed by atoms with Gasteiger partial charge in [-0.1, -0.05) is 18.9 Å². The van der Waals surface area contributed by atoms with Crippen LogP contribution in [0.15, 0.2) is 24.4 Å². The molecule has 174 valence electrons. The summed E-state index contributed by atoms with van der Waals surface area (Å²) in [4.78, 5) is 8.80. The molecule has 2 heterocycles. The van der Waals surface area contributed by atoms with E-state index < -0.39 is 0 Å². The molecule has 0 unspecified atom stereocenters. The average Bonchev–Trinajstić information content (AvgIpc) is 3.35. The van der Waals surface area contributed by atoms with Gasteiger partial charge in [0, 0.05) is 18.3 Å². The molecule has 0 amide bonds. The molecule has 7 heteroatoms. The molecule has 5 N–H and O–H groups in total. The van der Waals surface area contributed by atoms with Crippen molar-refractivity contribution in [3.05, 3.63) is 30.0 Å². The lowest BCUT2D eigenvalue weighted by molar-refractivity contribution is 0.389. The van der Waals surface area contributed by atoms with Gasteiger partial charge >= 0.3 is 0 Å². The number of methoxy groups -OCH3 is 1. The molecule has 1 aromatic heterocycles. The number of hydrogen-bond donors (Lipinski definition) is 4. The minimum Gasteiger partial charge on any atom is -0.496 e. The molecular weight excluding hydrogens is 400 g/mol. The zero-order valence-corrected chi connectivity index (χ0v) is 19.3. The number of aromatic nitrogens is 2. The molecule has 1 aromatic carbocycles. The van der Waals surface area contributed by atoms with Crippen LogP contribution in [-0.2, 0) is 6.42 Å². The van der Waals surface area contributed by atoms with Crippen molar-refractivity contribution in [3.63, 3.8) is 0 Å². The molecule has 2 aliphatic rings. The molecule has 32 heavy (non-hydrogen) atoms. The molecule has 1 aliphatic heterocycles. The zero-order chi connectivity index (χ0) is 22.2. The number of anilines is 2. The second-order valence-electron chi connectivity index (χ2n) is 9.20. The number of rotatable bonds is 10. The van der Waals surface area contributed by atoms with Gasteiger partial charge < -0.3 is 26.4 Å². The number of hydrogen-bond acceptors (Lipinski definition) is 7. The van der Waals surface area contributed by atoms with Crippen molar-refractivity contribution in [1.82, 2.24) is 20.6 Å². The summed E-state index contributed by atoms with van der Waals surface area (Å²) in [5.41, 5.74) is 9.19. The lowest BCUT2D eigenvalue weighted by atomic mass is 9.98. The highest BCUT2D eigenvalue weighted by molar-refractivity contribution is 5.76. The largest absolute Gasteiger partial charge is 0.496 e. The van der Waals surface area contributed by atoms with E-state index in [9.17, 15) is 0 Å². The van der Waals surface area contributed by atoms with Crippen LogP contribution in [0.1, 0.15) is 44.1 Å². The Morgan fingerprint density at radius 3 is 2.66 bits per heavy atom. The SMILES string of the molecule is COc1ccc(-c2cnc(N)nc2NCC2CCNCC2)cc1CCNCC1CCCC1. The van der Waals surface area contributed by atoms with Crippen molar-refractivity contribution in [3.8, 4) is 16.9 Å². The van der Waals surface area contributed by atoms with E-state index >= 15 is 0 Å². The Morgan fingerprint density at radius 1 is 1.09 bits per heavy atom. The van der Waals surface area contributed by atoms with Crippen molar-refractivity contribution in [2.24, 2.45) is 11.8 Å².